The van der Waals surface area contributed by atoms with E-state index in [0.29, 0.717) is 5.39 Å². The monoisotopic (exact) mass is 333 g/mol. The van der Waals surface area contributed by atoms with E-state index in [2.05, 4.69) is 27.6 Å². The SMILES string of the molecule is O=C(O)c1cnc2c(I)cccc2c1Cl. The third-order valence-electron chi connectivity index (χ3n) is 2.01. The van der Waals surface area contributed by atoms with Crippen LogP contribution < -0.4 is 0 Å². The summed E-state index contributed by atoms with van der Waals surface area (Å²) in [7, 11) is 0. The highest BCUT2D eigenvalue weighted by molar-refractivity contribution is 14.1. The molecule has 5 heteroatoms. The lowest BCUT2D eigenvalue weighted by Gasteiger charge is -2.04. The number of nitrogens with zero attached hydrogens (tertiary/aromatic N) is 1. The van der Waals surface area contributed by atoms with Gasteiger partial charge in [-0.25, -0.2) is 4.79 Å². The Bertz CT molecular complexity index is 556. The average molecular weight is 334 g/mol. The van der Waals surface area contributed by atoms with Crippen LogP contribution in [0, 0.1) is 3.57 Å². The van der Waals surface area contributed by atoms with Crippen molar-refractivity contribution in [2.45, 2.75) is 0 Å². The van der Waals surface area contributed by atoms with Crippen LogP contribution >= 0.6 is 34.2 Å². The number of carboxylic acid groups (broad SMARTS) is 1. The minimum Gasteiger partial charge on any atom is -0.478 e. The first-order valence-electron chi connectivity index (χ1n) is 4.07. The Morgan fingerprint density at radius 1 is 1.47 bits per heavy atom. The molecule has 0 amide bonds. The van der Waals surface area contributed by atoms with Crippen LogP contribution in [0.5, 0.6) is 0 Å². The summed E-state index contributed by atoms with van der Waals surface area (Å²) in [6, 6.07) is 5.48. The first-order valence-corrected chi connectivity index (χ1v) is 5.53. The van der Waals surface area contributed by atoms with E-state index in [1.807, 2.05) is 12.1 Å². The molecule has 0 bridgehead atoms. The zero-order valence-electron chi connectivity index (χ0n) is 7.37. The highest BCUT2D eigenvalue weighted by Gasteiger charge is 2.13. The fourth-order valence-electron chi connectivity index (χ4n) is 1.30. The molecular weight excluding hydrogens is 328 g/mol. The lowest BCUT2D eigenvalue weighted by Crippen LogP contribution is -1.99. The first kappa shape index (κ1) is 10.6. The molecule has 0 radical (unpaired) electrons. The first-order chi connectivity index (χ1) is 7.11. The van der Waals surface area contributed by atoms with Crippen LogP contribution in [0.3, 0.4) is 0 Å². The largest absolute Gasteiger partial charge is 0.478 e. The predicted octanol–water partition coefficient (Wildman–Crippen LogP) is 3.19. The summed E-state index contributed by atoms with van der Waals surface area (Å²) in [5.41, 5.74) is 0.763. The fourth-order valence-corrected chi connectivity index (χ4v) is 2.22. The second kappa shape index (κ2) is 3.94. The van der Waals surface area contributed by atoms with Gasteiger partial charge in [-0.3, -0.25) is 4.98 Å². The number of hydrogen-bond donors (Lipinski definition) is 1. The number of halogens is 2. The Balaban J connectivity index is 2.86. The summed E-state index contributed by atoms with van der Waals surface area (Å²) in [6.07, 6.45) is 1.29. The molecule has 2 aromatic rings. The Labute approximate surface area is 104 Å². The van der Waals surface area contributed by atoms with Crippen molar-refractivity contribution in [1.29, 1.82) is 0 Å². The standard InChI is InChI=1S/C10H5ClINO2/c11-8-5-2-1-3-7(12)9(5)13-4-6(8)10(14)15/h1-4H,(H,14,15). The lowest BCUT2D eigenvalue weighted by molar-refractivity contribution is 0.0697. The van der Waals surface area contributed by atoms with Gasteiger partial charge in [0.15, 0.2) is 0 Å². The number of pyridine rings is 1. The van der Waals surface area contributed by atoms with Gasteiger partial charge in [0.1, 0.15) is 0 Å². The Morgan fingerprint density at radius 2 is 2.20 bits per heavy atom. The van der Waals surface area contributed by atoms with Crippen molar-refractivity contribution < 1.29 is 9.90 Å². The zero-order valence-corrected chi connectivity index (χ0v) is 10.3. The lowest BCUT2D eigenvalue weighted by atomic mass is 10.1. The minimum absolute atomic E-state index is 0.0335. The number of carbonyl (C=O) groups is 1. The molecule has 15 heavy (non-hydrogen) atoms. The average Bonchev–Trinajstić information content (AvgIpc) is 2.19. The van der Waals surface area contributed by atoms with Gasteiger partial charge in [-0.1, -0.05) is 23.7 Å². The molecule has 0 aliphatic heterocycles. The molecule has 0 spiro atoms. The highest BCUT2D eigenvalue weighted by Crippen LogP contribution is 2.28. The zero-order chi connectivity index (χ0) is 11.0. The third-order valence-corrected chi connectivity index (χ3v) is 3.29. The van der Waals surface area contributed by atoms with E-state index in [4.69, 9.17) is 16.7 Å². The maximum absolute atomic E-state index is 10.8. The van der Waals surface area contributed by atoms with E-state index in [1.165, 1.54) is 6.20 Å². The Kier molecular flexibility index (Phi) is 2.79. The molecule has 1 aromatic carbocycles. The summed E-state index contributed by atoms with van der Waals surface area (Å²) < 4.78 is 0.948. The molecule has 3 nitrogen and oxygen atoms in total. The summed E-state index contributed by atoms with van der Waals surface area (Å²) in [6.45, 7) is 0. The fraction of sp³-hybridized carbons (Fsp3) is 0. The van der Waals surface area contributed by atoms with Gasteiger partial charge in [0.05, 0.1) is 16.1 Å². The summed E-state index contributed by atoms with van der Waals surface area (Å²) in [5.74, 6) is -1.06. The molecule has 0 aliphatic carbocycles. The van der Waals surface area contributed by atoms with Crippen molar-refractivity contribution in [1.82, 2.24) is 4.98 Å². The van der Waals surface area contributed by atoms with E-state index >= 15 is 0 Å². The molecule has 76 valence electrons. The Morgan fingerprint density at radius 3 is 2.87 bits per heavy atom. The number of hydrogen-bond acceptors (Lipinski definition) is 2. The van der Waals surface area contributed by atoms with Crippen LogP contribution in [0.1, 0.15) is 10.4 Å². The van der Waals surface area contributed by atoms with Gasteiger partial charge in [0.2, 0.25) is 0 Å². The maximum Gasteiger partial charge on any atom is 0.338 e. The molecular formula is C10H5ClINO2. The van der Waals surface area contributed by atoms with Gasteiger partial charge in [-0.05, 0) is 28.7 Å². The van der Waals surface area contributed by atoms with Crippen molar-refractivity contribution in [3.63, 3.8) is 0 Å². The number of rotatable bonds is 1. The van der Waals surface area contributed by atoms with Gasteiger partial charge in [0, 0.05) is 15.2 Å². The van der Waals surface area contributed by atoms with Gasteiger partial charge >= 0.3 is 5.97 Å². The summed E-state index contributed by atoms with van der Waals surface area (Å²) in [5, 5.41) is 9.78. The number of fused-ring (bicyclic) bond motifs is 1. The quantitative estimate of drug-likeness (QED) is 0.816. The number of aromatic nitrogens is 1. The normalized spacial score (nSPS) is 10.5. The van der Waals surface area contributed by atoms with Crippen molar-refractivity contribution in [3.05, 3.63) is 38.6 Å². The van der Waals surface area contributed by atoms with Gasteiger partial charge in [-0.2, -0.15) is 0 Å². The molecule has 1 heterocycles. The number of aromatic carboxylic acids is 1. The van der Waals surface area contributed by atoms with Crippen molar-refractivity contribution >= 4 is 51.1 Å². The smallest absolute Gasteiger partial charge is 0.338 e. The van der Waals surface area contributed by atoms with Crippen LogP contribution in [0.25, 0.3) is 10.9 Å². The second-order valence-corrected chi connectivity index (χ2v) is 4.47. The number of para-hydroxylation sites is 1. The van der Waals surface area contributed by atoms with Crippen LogP contribution in [-0.4, -0.2) is 16.1 Å². The van der Waals surface area contributed by atoms with Gasteiger partial charge < -0.3 is 5.11 Å². The van der Waals surface area contributed by atoms with Gasteiger partial charge in [-0.15, -0.1) is 0 Å². The van der Waals surface area contributed by atoms with Crippen molar-refractivity contribution in [2.24, 2.45) is 0 Å². The molecule has 0 unspecified atom stereocenters. The minimum atomic E-state index is -1.06. The maximum atomic E-state index is 10.8. The van der Waals surface area contributed by atoms with E-state index < -0.39 is 5.97 Å². The topological polar surface area (TPSA) is 50.2 Å². The molecule has 2 rings (SSSR count). The number of benzene rings is 1. The molecule has 0 fully saturated rings. The van der Waals surface area contributed by atoms with E-state index in [1.54, 1.807) is 6.07 Å². The van der Waals surface area contributed by atoms with Crippen molar-refractivity contribution in [3.8, 4) is 0 Å². The third kappa shape index (κ3) is 1.79. The van der Waals surface area contributed by atoms with Gasteiger partial charge in [0.25, 0.3) is 0 Å². The van der Waals surface area contributed by atoms with Crippen molar-refractivity contribution in [2.75, 3.05) is 0 Å². The van der Waals surface area contributed by atoms with E-state index in [-0.39, 0.29) is 10.6 Å². The molecule has 1 aromatic heterocycles. The van der Waals surface area contributed by atoms with E-state index in [9.17, 15) is 4.79 Å². The van der Waals surface area contributed by atoms with Crippen LogP contribution in [0.4, 0.5) is 0 Å². The molecule has 0 saturated heterocycles. The van der Waals surface area contributed by atoms with E-state index in [0.717, 1.165) is 9.09 Å². The molecule has 0 aliphatic rings. The molecule has 1 N–H and O–H groups in total. The predicted molar refractivity (Wildman–Crippen MR) is 66.4 cm³/mol. The Hall–Kier alpha value is -0.880. The van der Waals surface area contributed by atoms with Crippen LogP contribution in [0.2, 0.25) is 5.02 Å². The summed E-state index contributed by atoms with van der Waals surface area (Å²) in [4.78, 5) is 14.9. The summed E-state index contributed by atoms with van der Waals surface area (Å²) >= 11 is 8.12. The highest BCUT2D eigenvalue weighted by atomic mass is 127. The van der Waals surface area contributed by atoms with Crippen LogP contribution in [-0.2, 0) is 0 Å². The molecule has 0 saturated carbocycles. The second-order valence-electron chi connectivity index (χ2n) is 2.93. The number of carboxylic acids is 1. The molecule has 0 atom stereocenters. The van der Waals surface area contributed by atoms with Crippen LogP contribution in [0.15, 0.2) is 24.4 Å².